The van der Waals surface area contributed by atoms with E-state index in [0.29, 0.717) is 5.92 Å². The fourth-order valence-corrected chi connectivity index (χ4v) is 2.59. The van der Waals surface area contributed by atoms with Gasteiger partial charge < -0.3 is 24.8 Å². The molecular weight excluding hydrogens is 318 g/mol. The monoisotopic (exact) mass is 357 g/mol. The maximum Gasteiger partial charge on any atom is 0.191 e. The molecule has 25 heavy (non-hydrogen) atoms. The summed E-state index contributed by atoms with van der Waals surface area (Å²) in [4.78, 5) is 4.60. The van der Waals surface area contributed by atoms with E-state index in [1.165, 1.54) is 6.42 Å². The van der Waals surface area contributed by atoms with E-state index in [1.54, 1.807) is 0 Å². The molecular formula is C19H39N3O3. The van der Waals surface area contributed by atoms with Gasteiger partial charge in [0.15, 0.2) is 5.96 Å². The average Bonchev–Trinajstić information content (AvgIpc) is 2.64. The van der Waals surface area contributed by atoms with Gasteiger partial charge in [0.2, 0.25) is 0 Å². The highest BCUT2D eigenvalue weighted by atomic mass is 16.5. The molecule has 0 aliphatic carbocycles. The van der Waals surface area contributed by atoms with Gasteiger partial charge in [0.05, 0.1) is 0 Å². The summed E-state index contributed by atoms with van der Waals surface area (Å²) in [5, 5.41) is 6.64. The zero-order valence-corrected chi connectivity index (χ0v) is 16.4. The third-order valence-electron chi connectivity index (χ3n) is 4.16. The molecule has 0 unspecified atom stereocenters. The number of aliphatic imine (C=N–C) groups is 1. The van der Waals surface area contributed by atoms with Crippen LogP contribution < -0.4 is 10.6 Å². The second-order valence-electron chi connectivity index (χ2n) is 6.49. The summed E-state index contributed by atoms with van der Waals surface area (Å²) in [7, 11) is 0. The first-order chi connectivity index (χ1) is 12.4. The van der Waals surface area contributed by atoms with Crippen LogP contribution in [0, 0.1) is 5.92 Å². The summed E-state index contributed by atoms with van der Waals surface area (Å²) >= 11 is 0. The highest BCUT2D eigenvalue weighted by molar-refractivity contribution is 5.79. The Morgan fingerprint density at radius 3 is 2.52 bits per heavy atom. The molecule has 1 saturated heterocycles. The van der Waals surface area contributed by atoms with Crippen LogP contribution in [0.25, 0.3) is 0 Å². The van der Waals surface area contributed by atoms with E-state index in [4.69, 9.17) is 14.2 Å². The summed E-state index contributed by atoms with van der Waals surface area (Å²) in [6, 6.07) is 0. The van der Waals surface area contributed by atoms with Crippen LogP contribution in [0.15, 0.2) is 4.99 Å². The number of ether oxygens (including phenoxy) is 3. The maximum absolute atomic E-state index is 5.78. The Hall–Kier alpha value is -0.850. The van der Waals surface area contributed by atoms with Crippen molar-refractivity contribution in [3.05, 3.63) is 0 Å². The molecule has 1 aliphatic rings. The number of nitrogens with one attached hydrogen (secondary N) is 2. The van der Waals surface area contributed by atoms with Crippen LogP contribution in [0.5, 0.6) is 0 Å². The quantitative estimate of drug-likeness (QED) is 0.284. The van der Waals surface area contributed by atoms with E-state index in [2.05, 4.69) is 29.5 Å². The molecule has 6 heteroatoms. The third kappa shape index (κ3) is 13.1. The molecule has 1 aliphatic heterocycles. The van der Waals surface area contributed by atoms with E-state index < -0.39 is 0 Å². The minimum absolute atomic E-state index is 0.677. The Morgan fingerprint density at radius 2 is 1.76 bits per heavy atom. The molecule has 0 aromatic rings. The van der Waals surface area contributed by atoms with Gasteiger partial charge in [0, 0.05) is 59.3 Å². The third-order valence-corrected chi connectivity index (χ3v) is 4.16. The molecule has 0 saturated carbocycles. The molecule has 148 valence electrons. The van der Waals surface area contributed by atoms with Gasteiger partial charge in [0.1, 0.15) is 0 Å². The van der Waals surface area contributed by atoms with Crippen molar-refractivity contribution in [2.24, 2.45) is 10.9 Å². The van der Waals surface area contributed by atoms with Crippen LogP contribution in [0.4, 0.5) is 0 Å². The molecule has 6 nitrogen and oxygen atoms in total. The summed E-state index contributed by atoms with van der Waals surface area (Å²) in [5.74, 6) is 1.57. The smallest absolute Gasteiger partial charge is 0.191 e. The largest absolute Gasteiger partial charge is 0.381 e. The zero-order valence-electron chi connectivity index (χ0n) is 16.4. The average molecular weight is 358 g/mol. The first kappa shape index (κ1) is 22.2. The second kappa shape index (κ2) is 16.6. The second-order valence-corrected chi connectivity index (χ2v) is 6.49. The minimum Gasteiger partial charge on any atom is -0.381 e. The van der Waals surface area contributed by atoms with E-state index in [1.807, 2.05) is 0 Å². The lowest BCUT2D eigenvalue weighted by molar-refractivity contribution is 0.0205. The Bertz CT molecular complexity index is 321. The van der Waals surface area contributed by atoms with Crippen molar-refractivity contribution in [2.75, 3.05) is 59.3 Å². The summed E-state index contributed by atoms with van der Waals surface area (Å²) in [6.07, 6.45) is 6.56. The molecule has 1 fully saturated rings. The Kier molecular flexibility index (Phi) is 14.7. The minimum atomic E-state index is 0.677. The fraction of sp³-hybridized carbons (Fsp3) is 0.947. The topological polar surface area (TPSA) is 64.1 Å². The van der Waals surface area contributed by atoms with E-state index in [9.17, 15) is 0 Å². The summed E-state index contributed by atoms with van der Waals surface area (Å²) in [5.41, 5.74) is 0. The molecule has 1 heterocycles. The molecule has 0 aromatic carbocycles. The highest BCUT2D eigenvalue weighted by Gasteiger charge is 2.13. The van der Waals surface area contributed by atoms with Crippen molar-refractivity contribution in [1.82, 2.24) is 10.6 Å². The van der Waals surface area contributed by atoms with E-state index in [-0.39, 0.29) is 0 Å². The summed E-state index contributed by atoms with van der Waals surface area (Å²) in [6.45, 7) is 11.9. The molecule has 0 bridgehead atoms. The first-order valence-electron chi connectivity index (χ1n) is 10.1. The molecule has 0 aromatic heterocycles. The van der Waals surface area contributed by atoms with Crippen LogP contribution in [0.2, 0.25) is 0 Å². The van der Waals surface area contributed by atoms with Crippen LogP contribution in [-0.2, 0) is 14.2 Å². The van der Waals surface area contributed by atoms with Gasteiger partial charge in [-0.2, -0.15) is 0 Å². The van der Waals surface area contributed by atoms with Crippen molar-refractivity contribution in [1.29, 1.82) is 0 Å². The highest BCUT2D eigenvalue weighted by Crippen LogP contribution is 2.14. The molecule has 1 rings (SSSR count). The number of guanidine groups is 1. The van der Waals surface area contributed by atoms with Crippen molar-refractivity contribution >= 4 is 5.96 Å². The van der Waals surface area contributed by atoms with Gasteiger partial charge in [-0.15, -0.1) is 0 Å². The lowest BCUT2D eigenvalue weighted by Crippen LogP contribution is -2.38. The van der Waals surface area contributed by atoms with Crippen molar-refractivity contribution in [3.8, 4) is 0 Å². The van der Waals surface area contributed by atoms with Gasteiger partial charge in [-0.3, -0.25) is 4.99 Å². The number of hydrogen-bond acceptors (Lipinski definition) is 4. The van der Waals surface area contributed by atoms with Crippen LogP contribution in [0.1, 0.15) is 52.4 Å². The number of rotatable bonds is 14. The molecule has 0 atom stereocenters. The lowest BCUT2D eigenvalue weighted by atomic mass is 10.0. The van der Waals surface area contributed by atoms with Gasteiger partial charge in [-0.1, -0.05) is 13.3 Å². The molecule has 2 N–H and O–H groups in total. The molecule has 0 amide bonds. The summed E-state index contributed by atoms with van der Waals surface area (Å²) < 4.78 is 16.7. The number of nitrogens with zero attached hydrogens (tertiary/aromatic N) is 1. The SMILES string of the molecule is CCCCOCCCNC(=NCCCOCC1CCOCC1)NCC. The Morgan fingerprint density at radius 1 is 1.00 bits per heavy atom. The predicted molar refractivity (Wildman–Crippen MR) is 103 cm³/mol. The van der Waals surface area contributed by atoms with Gasteiger partial charge in [-0.05, 0) is 44.9 Å². The number of hydrogen-bond donors (Lipinski definition) is 2. The normalized spacial score (nSPS) is 16.2. The standard InChI is InChI=1S/C19H39N3O3/c1-3-5-12-23-13-6-10-21-19(20-4-2)22-11-7-14-25-17-18-8-15-24-16-9-18/h18H,3-17H2,1-2H3,(H2,20,21,22). The number of unbranched alkanes of at least 4 members (excludes halogenated alkanes) is 1. The van der Waals surface area contributed by atoms with E-state index in [0.717, 1.165) is 97.3 Å². The van der Waals surface area contributed by atoms with Crippen LogP contribution >= 0.6 is 0 Å². The lowest BCUT2D eigenvalue weighted by Gasteiger charge is -2.21. The van der Waals surface area contributed by atoms with Gasteiger partial charge in [-0.25, -0.2) is 0 Å². The molecule has 0 radical (unpaired) electrons. The van der Waals surface area contributed by atoms with Crippen molar-refractivity contribution in [2.45, 2.75) is 52.4 Å². The Balaban J connectivity index is 2.01. The van der Waals surface area contributed by atoms with Crippen molar-refractivity contribution < 1.29 is 14.2 Å². The van der Waals surface area contributed by atoms with Crippen LogP contribution in [-0.4, -0.2) is 65.2 Å². The first-order valence-corrected chi connectivity index (χ1v) is 10.1. The van der Waals surface area contributed by atoms with Gasteiger partial charge in [0.25, 0.3) is 0 Å². The molecule has 0 spiro atoms. The zero-order chi connectivity index (χ0) is 18.0. The van der Waals surface area contributed by atoms with E-state index >= 15 is 0 Å². The Labute approximate surface area is 154 Å². The van der Waals surface area contributed by atoms with Crippen LogP contribution in [0.3, 0.4) is 0 Å². The fourth-order valence-electron chi connectivity index (χ4n) is 2.59. The maximum atomic E-state index is 5.78. The van der Waals surface area contributed by atoms with Crippen molar-refractivity contribution in [3.63, 3.8) is 0 Å². The van der Waals surface area contributed by atoms with Gasteiger partial charge >= 0.3 is 0 Å². The predicted octanol–water partition coefficient (Wildman–Crippen LogP) is 2.58.